The number of carbonyl (C=O) groups excluding carboxylic acids is 1. The summed E-state index contributed by atoms with van der Waals surface area (Å²) < 4.78 is 29.8. The van der Waals surface area contributed by atoms with Crippen molar-refractivity contribution in [1.29, 1.82) is 0 Å². The second-order valence-electron chi connectivity index (χ2n) is 5.72. The number of nitrogens with one attached hydrogen (secondary N) is 1. The van der Waals surface area contributed by atoms with Crippen LogP contribution in [0.25, 0.3) is 0 Å². The highest BCUT2D eigenvalue weighted by atomic mass is 35.5. The van der Waals surface area contributed by atoms with Crippen LogP contribution < -0.4 is 9.50 Å². The predicted molar refractivity (Wildman–Crippen MR) is 111 cm³/mol. The van der Waals surface area contributed by atoms with Gasteiger partial charge in [0, 0.05) is 5.02 Å². The van der Waals surface area contributed by atoms with Crippen molar-refractivity contribution >= 4 is 50.8 Å². The topological polar surface area (TPSA) is 97.2 Å². The molecule has 1 aliphatic rings. The Hall–Kier alpha value is -2.36. The Kier molecular flexibility index (Phi) is 6.38. The summed E-state index contributed by atoms with van der Waals surface area (Å²) in [6.07, 6.45) is 2.15. The molecule has 28 heavy (non-hydrogen) atoms. The molecule has 1 saturated heterocycles. The second-order valence-corrected chi connectivity index (χ2v) is 8.89. The third-order valence-electron chi connectivity index (χ3n) is 3.67. The largest absolute Gasteiger partial charge is 0.379 e. The molecule has 1 unspecified atom stereocenters. The Balaban J connectivity index is 1.70. The molecule has 1 amide bonds. The van der Waals surface area contributed by atoms with E-state index in [2.05, 4.69) is 15.5 Å². The first-order valence-electron chi connectivity index (χ1n) is 8.26. The van der Waals surface area contributed by atoms with Crippen LogP contribution in [0.15, 0.2) is 63.6 Å². The molecule has 1 N–H and O–H groups in total. The van der Waals surface area contributed by atoms with Crippen LogP contribution in [0.2, 0.25) is 5.02 Å². The first-order chi connectivity index (χ1) is 13.4. The van der Waals surface area contributed by atoms with Crippen LogP contribution in [0.4, 0.5) is 0 Å². The average molecular weight is 438 g/mol. The van der Waals surface area contributed by atoms with Gasteiger partial charge in [0.15, 0.2) is 5.17 Å². The lowest BCUT2D eigenvalue weighted by atomic mass is 10.2. The number of benzene rings is 2. The van der Waals surface area contributed by atoms with Crippen LogP contribution in [-0.2, 0) is 14.9 Å². The van der Waals surface area contributed by atoms with E-state index in [4.69, 9.17) is 15.8 Å². The fourth-order valence-corrected chi connectivity index (χ4v) is 4.20. The lowest BCUT2D eigenvalue weighted by molar-refractivity contribution is -0.118. The number of hydrogen-bond donors (Lipinski definition) is 1. The van der Waals surface area contributed by atoms with Gasteiger partial charge < -0.3 is 9.50 Å². The second kappa shape index (κ2) is 8.76. The van der Waals surface area contributed by atoms with E-state index in [0.29, 0.717) is 22.2 Å². The number of rotatable bonds is 6. The third kappa shape index (κ3) is 5.12. The van der Waals surface area contributed by atoms with E-state index in [9.17, 15) is 13.2 Å². The van der Waals surface area contributed by atoms with Crippen LogP contribution in [-0.4, -0.2) is 31.0 Å². The summed E-state index contributed by atoms with van der Waals surface area (Å²) in [7, 11) is -3.98. The van der Waals surface area contributed by atoms with Gasteiger partial charge in [-0.25, -0.2) is 0 Å². The molecule has 1 heterocycles. The first kappa shape index (κ1) is 20.4. The van der Waals surface area contributed by atoms with Crippen molar-refractivity contribution in [3.05, 3.63) is 59.1 Å². The molecule has 2 aromatic carbocycles. The predicted octanol–water partition coefficient (Wildman–Crippen LogP) is 3.44. The molecule has 10 heteroatoms. The van der Waals surface area contributed by atoms with E-state index in [-0.39, 0.29) is 21.8 Å². The Bertz CT molecular complexity index is 1040. The zero-order chi connectivity index (χ0) is 20.1. The zero-order valence-corrected chi connectivity index (χ0v) is 17.1. The average Bonchev–Trinajstić information content (AvgIpc) is 3.02. The maximum Gasteiger partial charge on any atom is 0.339 e. The molecule has 0 spiro atoms. The molecule has 0 saturated carbocycles. The maximum absolute atomic E-state index is 12.3. The fourth-order valence-electron chi connectivity index (χ4n) is 2.29. The SMILES string of the molecule is CCC1S/C(=N\N=C\c2cccc(OS(=O)(=O)c3ccc(Cl)cc3)c2)NC1=O. The molecule has 0 radical (unpaired) electrons. The van der Waals surface area contributed by atoms with Crippen LogP contribution in [0.5, 0.6) is 5.75 Å². The van der Waals surface area contributed by atoms with E-state index in [1.54, 1.807) is 12.1 Å². The minimum atomic E-state index is -3.98. The summed E-state index contributed by atoms with van der Waals surface area (Å²) >= 11 is 7.10. The Morgan fingerprint density at radius 1 is 1.25 bits per heavy atom. The van der Waals surface area contributed by atoms with Crippen LogP contribution in [0.3, 0.4) is 0 Å². The van der Waals surface area contributed by atoms with Gasteiger partial charge >= 0.3 is 10.1 Å². The smallest absolute Gasteiger partial charge is 0.339 e. The molecule has 146 valence electrons. The molecular formula is C18H16ClN3O4S2. The van der Waals surface area contributed by atoms with Gasteiger partial charge in [0.25, 0.3) is 0 Å². The van der Waals surface area contributed by atoms with Gasteiger partial charge in [-0.15, -0.1) is 5.10 Å². The molecule has 1 fully saturated rings. The number of amides is 1. The van der Waals surface area contributed by atoms with E-state index < -0.39 is 10.1 Å². The number of halogens is 1. The lowest BCUT2D eigenvalue weighted by Gasteiger charge is -2.07. The number of amidine groups is 1. The standard InChI is InChI=1S/C18H16ClN3O4S2/c1-2-16-17(23)21-18(27-16)22-20-11-12-4-3-5-14(10-12)26-28(24,25)15-8-6-13(19)7-9-15/h3-11,16H,2H2,1H3,(H,21,22,23)/b20-11+. The Labute approximate surface area is 172 Å². The molecular weight excluding hydrogens is 422 g/mol. The van der Waals surface area contributed by atoms with Gasteiger partial charge in [0.1, 0.15) is 10.6 Å². The van der Waals surface area contributed by atoms with Gasteiger partial charge in [-0.2, -0.15) is 13.5 Å². The zero-order valence-electron chi connectivity index (χ0n) is 14.7. The molecule has 0 bridgehead atoms. The van der Waals surface area contributed by atoms with Crippen molar-refractivity contribution in [3.63, 3.8) is 0 Å². The minimum Gasteiger partial charge on any atom is -0.379 e. The molecule has 1 atom stereocenters. The van der Waals surface area contributed by atoms with Gasteiger partial charge in [0.05, 0.1) is 11.5 Å². The normalized spacial score (nSPS) is 18.6. The van der Waals surface area contributed by atoms with Crippen molar-refractivity contribution in [3.8, 4) is 5.75 Å². The molecule has 0 aromatic heterocycles. The maximum atomic E-state index is 12.3. The van der Waals surface area contributed by atoms with Crippen LogP contribution in [0, 0.1) is 0 Å². The molecule has 3 rings (SSSR count). The summed E-state index contributed by atoms with van der Waals surface area (Å²) in [5, 5.41) is 11.3. The fraction of sp³-hybridized carbons (Fsp3) is 0.167. The summed E-state index contributed by atoms with van der Waals surface area (Å²) in [6, 6.07) is 12.1. The van der Waals surface area contributed by atoms with Crippen molar-refractivity contribution in [2.75, 3.05) is 0 Å². The molecule has 2 aromatic rings. The van der Waals surface area contributed by atoms with E-state index in [0.717, 1.165) is 0 Å². The van der Waals surface area contributed by atoms with Crippen molar-refractivity contribution < 1.29 is 17.4 Å². The highest BCUT2D eigenvalue weighted by molar-refractivity contribution is 8.15. The Morgan fingerprint density at radius 2 is 2.00 bits per heavy atom. The highest BCUT2D eigenvalue weighted by Gasteiger charge is 2.28. The number of thioether (sulfide) groups is 1. The van der Waals surface area contributed by atoms with Gasteiger partial charge in [-0.05, 0) is 48.4 Å². The van der Waals surface area contributed by atoms with Crippen LogP contribution >= 0.6 is 23.4 Å². The number of nitrogens with zero attached hydrogens (tertiary/aromatic N) is 2. The minimum absolute atomic E-state index is 0.00171. The number of carbonyl (C=O) groups is 1. The van der Waals surface area contributed by atoms with Crippen molar-refractivity contribution in [2.24, 2.45) is 10.2 Å². The van der Waals surface area contributed by atoms with E-state index in [1.807, 2.05) is 6.92 Å². The van der Waals surface area contributed by atoms with Gasteiger partial charge in [0.2, 0.25) is 5.91 Å². The summed E-state index contributed by atoms with van der Waals surface area (Å²) in [6.45, 7) is 1.92. The lowest BCUT2D eigenvalue weighted by Crippen LogP contribution is -2.24. The van der Waals surface area contributed by atoms with E-state index in [1.165, 1.54) is 54.4 Å². The summed E-state index contributed by atoms with van der Waals surface area (Å²) in [5.41, 5.74) is 0.592. The molecule has 0 aliphatic carbocycles. The van der Waals surface area contributed by atoms with Gasteiger partial charge in [-0.3, -0.25) is 4.79 Å². The van der Waals surface area contributed by atoms with Gasteiger partial charge in [-0.1, -0.05) is 42.4 Å². The third-order valence-corrected chi connectivity index (χ3v) is 6.42. The van der Waals surface area contributed by atoms with Crippen LogP contribution in [0.1, 0.15) is 18.9 Å². The highest BCUT2D eigenvalue weighted by Crippen LogP contribution is 2.22. The molecule has 1 aliphatic heterocycles. The van der Waals surface area contributed by atoms with Crippen molar-refractivity contribution in [1.82, 2.24) is 5.32 Å². The first-order valence-corrected chi connectivity index (χ1v) is 10.9. The molecule has 7 nitrogen and oxygen atoms in total. The number of hydrogen-bond acceptors (Lipinski definition) is 7. The monoisotopic (exact) mass is 437 g/mol. The summed E-state index contributed by atoms with van der Waals surface area (Å²) in [4.78, 5) is 11.6. The quantitative estimate of drug-likeness (QED) is 0.424. The Morgan fingerprint density at radius 3 is 2.68 bits per heavy atom. The van der Waals surface area contributed by atoms with E-state index >= 15 is 0 Å². The van der Waals surface area contributed by atoms with Crippen molar-refractivity contribution in [2.45, 2.75) is 23.5 Å². The summed E-state index contributed by atoms with van der Waals surface area (Å²) in [5.74, 6) is 0.0606.